The summed E-state index contributed by atoms with van der Waals surface area (Å²) < 4.78 is 7.86. The Kier molecular flexibility index (Phi) is 4.50. The van der Waals surface area contributed by atoms with Gasteiger partial charge in [-0.05, 0) is 43.7 Å². The molecule has 5 heteroatoms. The fourth-order valence-electron chi connectivity index (χ4n) is 3.11. The lowest BCUT2D eigenvalue weighted by Gasteiger charge is -2.05. The van der Waals surface area contributed by atoms with Crippen LogP contribution in [0.15, 0.2) is 65.1 Å². The second-order valence-electron chi connectivity index (χ2n) is 6.67. The molecule has 1 amide bonds. The molecule has 0 saturated heterocycles. The van der Waals surface area contributed by atoms with Gasteiger partial charge in [0.15, 0.2) is 5.76 Å². The van der Waals surface area contributed by atoms with Crippen molar-refractivity contribution in [1.29, 1.82) is 0 Å². The first-order chi connectivity index (χ1) is 13.1. The maximum Gasteiger partial charge on any atom is 0.287 e. The van der Waals surface area contributed by atoms with Crippen LogP contribution in [0, 0.1) is 13.8 Å². The number of fused-ring (bicyclic) bond motifs is 1. The van der Waals surface area contributed by atoms with E-state index in [1.54, 1.807) is 6.07 Å². The lowest BCUT2D eigenvalue weighted by atomic mass is 10.1. The van der Waals surface area contributed by atoms with Crippen LogP contribution in [0.3, 0.4) is 0 Å². The van der Waals surface area contributed by atoms with Gasteiger partial charge in [-0.15, -0.1) is 0 Å². The molecule has 4 rings (SSSR count). The van der Waals surface area contributed by atoms with Gasteiger partial charge in [0.2, 0.25) is 0 Å². The van der Waals surface area contributed by atoms with E-state index in [4.69, 9.17) is 4.42 Å². The predicted octanol–water partition coefficient (Wildman–Crippen LogP) is 4.22. The summed E-state index contributed by atoms with van der Waals surface area (Å²) in [7, 11) is 0. The summed E-state index contributed by atoms with van der Waals surface area (Å²) in [5.41, 5.74) is 4.26. The van der Waals surface area contributed by atoms with Crippen molar-refractivity contribution in [3.8, 4) is 0 Å². The molecule has 0 bridgehead atoms. The minimum Gasteiger partial charge on any atom is -0.454 e. The normalized spacial score (nSPS) is 11.0. The number of carbonyl (C=O) groups excluding carboxylic acids is 1. The van der Waals surface area contributed by atoms with E-state index >= 15 is 0 Å². The number of amides is 1. The van der Waals surface area contributed by atoms with E-state index in [2.05, 4.69) is 14.9 Å². The molecule has 5 nitrogen and oxygen atoms in total. The SMILES string of the molecule is Cc1ccc(CNC(=O)c2ccc(Cn3c(C)nc4ccccc43)o2)cc1. The Morgan fingerprint density at radius 2 is 1.81 bits per heavy atom. The van der Waals surface area contributed by atoms with E-state index in [-0.39, 0.29) is 5.91 Å². The average Bonchev–Trinajstić information content (AvgIpc) is 3.26. The van der Waals surface area contributed by atoms with Gasteiger partial charge in [0.25, 0.3) is 5.91 Å². The zero-order valence-corrected chi connectivity index (χ0v) is 15.4. The van der Waals surface area contributed by atoms with Crippen molar-refractivity contribution in [1.82, 2.24) is 14.9 Å². The van der Waals surface area contributed by atoms with E-state index in [0.29, 0.717) is 18.8 Å². The second-order valence-corrected chi connectivity index (χ2v) is 6.67. The van der Waals surface area contributed by atoms with Crippen LogP contribution < -0.4 is 5.32 Å². The molecule has 0 spiro atoms. The Bertz CT molecular complexity index is 1090. The molecule has 0 aliphatic heterocycles. The molecule has 2 aromatic carbocycles. The molecular weight excluding hydrogens is 338 g/mol. The monoisotopic (exact) mass is 359 g/mol. The van der Waals surface area contributed by atoms with Gasteiger partial charge in [0, 0.05) is 6.54 Å². The Morgan fingerprint density at radius 3 is 2.63 bits per heavy atom. The maximum atomic E-state index is 12.4. The van der Waals surface area contributed by atoms with Crippen LogP contribution in [0.1, 0.15) is 33.3 Å². The van der Waals surface area contributed by atoms with Crippen molar-refractivity contribution in [2.75, 3.05) is 0 Å². The molecule has 136 valence electrons. The number of furan rings is 1. The summed E-state index contributed by atoms with van der Waals surface area (Å²) in [6.07, 6.45) is 0. The largest absolute Gasteiger partial charge is 0.454 e. The Morgan fingerprint density at radius 1 is 1.04 bits per heavy atom. The second kappa shape index (κ2) is 7.11. The summed E-state index contributed by atoms with van der Waals surface area (Å²) in [5, 5.41) is 2.90. The predicted molar refractivity (Wildman–Crippen MR) is 105 cm³/mol. The van der Waals surface area contributed by atoms with Crippen molar-refractivity contribution in [2.24, 2.45) is 0 Å². The third kappa shape index (κ3) is 3.62. The first-order valence-corrected chi connectivity index (χ1v) is 8.94. The van der Waals surface area contributed by atoms with Gasteiger partial charge in [-0.2, -0.15) is 0 Å². The average molecular weight is 359 g/mol. The number of aromatic nitrogens is 2. The molecule has 1 N–H and O–H groups in total. The van der Waals surface area contributed by atoms with Crippen LogP contribution in [0.25, 0.3) is 11.0 Å². The van der Waals surface area contributed by atoms with Gasteiger partial charge in [0.05, 0.1) is 17.6 Å². The van der Waals surface area contributed by atoms with Crippen molar-refractivity contribution in [3.63, 3.8) is 0 Å². The number of hydrogen-bond donors (Lipinski definition) is 1. The molecule has 4 aromatic rings. The Hall–Kier alpha value is -3.34. The smallest absolute Gasteiger partial charge is 0.287 e. The highest BCUT2D eigenvalue weighted by molar-refractivity contribution is 5.91. The maximum absolute atomic E-state index is 12.4. The number of para-hydroxylation sites is 2. The number of benzene rings is 2. The van der Waals surface area contributed by atoms with Gasteiger partial charge >= 0.3 is 0 Å². The number of hydrogen-bond acceptors (Lipinski definition) is 3. The first-order valence-electron chi connectivity index (χ1n) is 8.94. The lowest BCUT2D eigenvalue weighted by molar-refractivity contribution is 0.0921. The fraction of sp³-hybridized carbons (Fsp3) is 0.182. The summed E-state index contributed by atoms with van der Waals surface area (Å²) in [6.45, 7) is 5.02. The number of nitrogens with zero attached hydrogens (tertiary/aromatic N) is 2. The van der Waals surface area contributed by atoms with Crippen molar-refractivity contribution in [2.45, 2.75) is 26.9 Å². The van der Waals surface area contributed by atoms with E-state index in [1.807, 2.05) is 68.4 Å². The van der Waals surface area contributed by atoms with E-state index < -0.39 is 0 Å². The fourth-order valence-corrected chi connectivity index (χ4v) is 3.11. The zero-order chi connectivity index (χ0) is 18.8. The molecule has 0 fully saturated rings. The molecule has 27 heavy (non-hydrogen) atoms. The number of aryl methyl sites for hydroxylation is 2. The lowest BCUT2D eigenvalue weighted by Crippen LogP contribution is -2.22. The molecule has 0 atom stereocenters. The van der Waals surface area contributed by atoms with Crippen molar-refractivity contribution in [3.05, 3.63) is 89.1 Å². The van der Waals surface area contributed by atoms with Gasteiger partial charge < -0.3 is 14.3 Å². The standard InChI is InChI=1S/C22H21N3O2/c1-15-7-9-17(10-8-15)13-23-22(26)21-12-11-18(27-21)14-25-16(2)24-19-5-3-4-6-20(19)25/h3-12H,13-14H2,1-2H3,(H,23,26). The van der Waals surface area contributed by atoms with Crippen LogP contribution in [-0.2, 0) is 13.1 Å². The highest BCUT2D eigenvalue weighted by Crippen LogP contribution is 2.18. The Labute approximate surface area is 157 Å². The number of nitrogens with one attached hydrogen (secondary N) is 1. The van der Waals surface area contributed by atoms with Crippen LogP contribution in [-0.4, -0.2) is 15.5 Å². The third-order valence-electron chi connectivity index (χ3n) is 4.62. The van der Waals surface area contributed by atoms with Gasteiger partial charge in [-0.3, -0.25) is 4.79 Å². The molecule has 2 aromatic heterocycles. The quantitative estimate of drug-likeness (QED) is 0.580. The van der Waals surface area contributed by atoms with Crippen LogP contribution in [0.2, 0.25) is 0 Å². The molecular formula is C22H21N3O2. The molecule has 0 unspecified atom stereocenters. The van der Waals surface area contributed by atoms with Crippen LogP contribution in [0.5, 0.6) is 0 Å². The zero-order valence-electron chi connectivity index (χ0n) is 15.4. The molecule has 0 aliphatic carbocycles. The van der Waals surface area contributed by atoms with Gasteiger partial charge in [0.1, 0.15) is 11.6 Å². The van der Waals surface area contributed by atoms with E-state index in [0.717, 1.165) is 28.2 Å². The van der Waals surface area contributed by atoms with Crippen LogP contribution >= 0.6 is 0 Å². The van der Waals surface area contributed by atoms with Gasteiger partial charge in [-0.25, -0.2) is 4.98 Å². The minimum absolute atomic E-state index is 0.214. The number of imidazole rings is 1. The van der Waals surface area contributed by atoms with E-state index in [1.165, 1.54) is 5.56 Å². The van der Waals surface area contributed by atoms with Crippen molar-refractivity contribution >= 4 is 16.9 Å². The highest BCUT2D eigenvalue weighted by Gasteiger charge is 2.13. The Balaban J connectivity index is 1.45. The number of carbonyl (C=O) groups is 1. The minimum atomic E-state index is -0.214. The summed E-state index contributed by atoms with van der Waals surface area (Å²) in [4.78, 5) is 16.9. The summed E-state index contributed by atoms with van der Waals surface area (Å²) >= 11 is 0. The van der Waals surface area contributed by atoms with Crippen molar-refractivity contribution < 1.29 is 9.21 Å². The topological polar surface area (TPSA) is 60.1 Å². The third-order valence-corrected chi connectivity index (χ3v) is 4.62. The summed E-state index contributed by atoms with van der Waals surface area (Å²) in [5.74, 6) is 1.74. The van der Waals surface area contributed by atoms with E-state index in [9.17, 15) is 4.79 Å². The molecule has 0 radical (unpaired) electrons. The molecule has 2 heterocycles. The molecule has 0 saturated carbocycles. The molecule has 0 aliphatic rings. The van der Waals surface area contributed by atoms with Crippen LogP contribution in [0.4, 0.5) is 0 Å². The number of rotatable bonds is 5. The van der Waals surface area contributed by atoms with Gasteiger partial charge in [-0.1, -0.05) is 42.0 Å². The first kappa shape index (κ1) is 17.1. The highest BCUT2D eigenvalue weighted by atomic mass is 16.4. The summed E-state index contributed by atoms with van der Waals surface area (Å²) in [6, 6.07) is 19.6.